The summed E-state index contributed by atoms with van der Waals surface area (Å²) in [4.78, 5) is 15.7. The highest BCUT2D eigenvalue weighted by molar-refractivity contribution is 5.68. The summed E-state index contributed by atoms with van der Waals surface area (Å²) < 4.78 is 41.9. The highest BCUT2D eigenvalue weighted by atomic mass is 19.1. The van der Waals surface area contributed by atoms with Crippen LogP contribution < -0.4 is 9.47 Å². The highest BCUT2D eigenvalue weighted by Crippen LogP contribution is 2.29. The Balaban J connectivity index is 1.26. The van der Waals surface area contributed by atoms with E-state index in [2.05, 4.69) is 20.4 Å². The molecule has 0 fully saturated rings. The molecule has 0 radical (unpaired) electrons. The third kappa shape index (κ3) is 6.44. The molecule has 2 unspecified atom stereocenters. The third-order valence-electron chi connectivity index (χ3n) is 6.57. The second kappa shape index (κ2) is 12.0. The lowest BCUT2D eigenvalue weighted by molar-refractivity contribution is -0.108. The van der Waals surface area contributed by atoms with Crippen LogP contribution in [0.4, 0.5) is 8.78 Å². The number of aliphatic hydroxyl groups is 1. The highest BCUT2D eigenvalue weighted by Gasteiger charge is 2.34. The molecule has 0 bridgehead atoms. The fourth-order valence-electron chi connectivity index (χ4n) is 4.51. The largest absolute Gasteiger partial charge is 0.497 e. The van der Waals surface area contributed by atoms with E-state index in [-0.39, 0.29) is 25.3 Å². The standard InChI is InChI=1S/C29H26F2N6O4/c1-40-24-7-2-20(3-8-24)26(14-38)21-4-9-25(10-5-21)41-15-23-13-36(35-34-23)16-29(39,17-37-19-32-18-33-37)27-11-6-22(30)12-28(27)31/h2-14,18-19,26,39H,15-17H2,1H3. The van der Waals surface area contributed by atoms with Crippen molar-refractivity contribution in [2.45, 2.75) is 31.2 Å². The summed E-state index contributed by atoms with van der Waals surface area (Å²) in [5.74, 6) is -0.828. The first-order valence-electron chi connectivity index (χ1n) is 12.6. The fourth-order valence-corrected chi connectivity index (χ4v) is 4.51. The molecule has 0 saturated heterocycles. The quantitative estimate of drug-likeness (QED) is 0.230. The number of nitrogens with zero attached hydrogens (tertiary/aromatic N) is 6. The SMILES string of the molecule is COc1ccc(C(C=O)c2ccc(OCc3cn(CC(O)(Cn4cncn4)c4ccc(F)cc4F)nn3)cc2)cc1. The lowest BCUT2D eigenvalue weighted by Gasteiger charge is -2.28. The van der Waals surface area contributed by atoms with Crippen molar-refractivity contribution in [3.05, 3.63) is 120 Å². The van der Waals surface area contributed by atoms with E-state index in [1.807, 2.05) is 36.4 Å². The Morgan fingerprint density at radius 3 is 2.27 bits per heavy atom. The molecule has 1 N–H and O–H groups in total. The zero-order valence-corrected chi connectivity index (χ0v) is 22.0. The molecule has 12 heteroatoms. The van der Waals surface area contributed by atoms with Crippen molar-refractivity contribution >= 4 is 6.29 Å². The molecule has 2 heterocycles. The van der Waals surface area contributed by atoms with Gasteiger partial charge in [0.15, 0.2) is 0 Å². The number of aromatic nitrogens is 6. The van der Waals surface area contributed by atoms with E-state index in [1.54, 1.807) is 25.4 Å². The van der Waals surface area contributed by atoms with Gasteiger partial charge in [0.05, 0.1) is 32.3 Å². The van der Waals surface area contributed by atoms with Gasteiger partial charge in [-0.25, -0.2) is 23.1 Å². The molecule has 0 saturated carbocycles. The number of aldehydes is 1. The zero-order valence-electron chi connectivity index (χ0n) is 22.0. The molecular weight excluding hydrogens is 534 g/mol. The van der Waals surface area contributed by atoms with Gasteiger partial charge in [-0.1, -0.05) is 35.5 Å². The average molecular weight is 561 g/mol. The van der Waals surface area contributed by atoms with Gasteiger partial charge in [0.2, 0.25) is 0 Å². The molecule has 3 aromatic carbocycles. The van der Waals surface area contributed by atoms with E-state index in [0.717, 1.165) is 23.5 Å². The number of hydrogen-bond acceptors (Lipinski definition) is 8. The first-order chi connectivity index (χ1) is 19.9. The predicted molar refractivity (Wildman–Crippen MR) is 142 cm³/mol. The molecule has 0 aliphatic carbocycles. The Labute approximate surface area is 233 Å². The van der Waals surface area contributed by atoms with Crippen molar-refractivity contribution in [2.24, 2.45) is 0 Å². The van der Waals surface area contributed by atoms with Crippen LogP contribution in [0.5, 0.6) is 11.5 Å². The minimum Gasteiger partial charge on any atom is -0.497 e. The van der Waals surface area contributed by atoms with E-state index >= 15 is 0 Å². The molecule has 0 aliphatic rings. The summed E-state index contributed by atoms with van der Waals surface area (Å²) in [6.45, 7) is -0.289. The summed E-state index contributed by atoms with van der Waals surface area (Å²) in [6, 6.07) is 17.4. The summed E-state index contributed by atoms with van der Waals surface area (Å²) in [6.07, 6.45) is 5.12. The van der Waals surface area contributed by atoms with Gasteiger partial charge in [-0.3, -0.25) is 0 Å². The van der Waals surface area contributed by atoms with Gasteiger partial charge in [-0.15, -0.1) is 5.10 Å². The number of halogens is 2. The molecule has 2 atom stereocenters. The van der Waals surface area contributed by atoms with E-state index in [1.165, 1.54) is 28.1 Å². The monoisotopic (exact) mass is 560 g/mol. The fraction of sp³-hybridized carbons (Fsp3) is 0.207. The number of carbonyl (C=O) groups is 1. The van der Waals surface area contributed by atoms with Crippen molar-refractivity contribution in [3.8, 4) is 11.5 Å². The number of carbonyl (C=O) groups excluding carboxylic acids is 1. The van der Waals surface area contributed by atoms with Gasteiger partial charge in [-0.2, -0.15) is 5.10 Å². The maximum Gasteiger partial charge on any atom is 0.137 e. The van der Waals surface area contributed by atoms with Gasteiger partial charge >= 0.3 is 0 Å². The van der Waals surface area contributed by atoms with Crippen LogP contribution in [0.15, 0.2) is 85.6 Å². The Morgan fingerprint density at radius 2 is 1.66 bits per heavy atom. The molecule has 5 aromatic rings. The normalized spacial score (nSPS) is 13.4. The second-order valence-corrected chi connectivity index (χ2v) is 9.40. The number of benzene rings is 3. The summed E-state index contributed by atoms with van der Waals surface area (Å²) >= 11 is 0. The number of rotatable bonds is 12. The minimum absolute atomic E-state index is 0.0708. The van der Waals surface area contributed by atoms with Gasteiger partial charge in [0.25, 0.3) is 0 Å². The third-order valence-corrected chi connectivity index (χ3v) is 6.57. The summed E-state index contributed by atoms with van der Waals surface area (Å²) in [5.41, 5.74) is 0.150. The van der Waals surface area contributed by atoms with Crippen LogP contribution in [0.3, 0.4) is 0 Å². The number of methoxy groups -OCH3 is 1. The average Bonchev–Trinajstić information content (AvgIpc) is 3.65. The molecule has 41 heavy (non-hydrogen) atoms. The van der Waals surface area contributed by atoms with Crippen LogP contribution in [0.25, 0.3) is 0 Å². The summed E-state index contributed by atoms with van der Waals surface area (Å²) in [7, 11) is 1.58. The first kappa shape index (κ1) is 27.6. The van der Waals surface area contributed by atoms with Crippen LogP contribution in [0.2, 0.25) is 0 Å². The lowest BCUT2D eigenvalue weighted by atomic mass is 9.92. The van der Waals surface area contributed by atoms with Crippen LogP contribution in [-0.4, -0.2) is 48.3 Å². The van der Waals surface area contributed by atoms with E-state index in [4.69, 9.17) is 9.47 Å². The summed E-state index contributed by atoms with van der Waals surface area (Å²) in [5, 5.41) is 23.6. The van der Waals surface area contributed by atoms with Gasteiger partial charge in [0, 0.05) is 11.6 Å². The van der Waals surface area contributed by atoms with E-state index in [0.29, 0.717) is 23.3 Å². The van der Waals surface area contributed by atoms with Gasteiger partial charge in [-0.05, 0) is 41.5 Å². The Morgan fingerprint density at radius 1 is 0.976 bits per heavy atom. The maximum atomic E-state index is 14.7. The second-order valence-electron chi connectivity index (χ2n) is 9.40. The zero-order chi connectivity index (χ0) is 28.8. The Hall–Kier alpha value is -4.97. The molecule has 210 valence electrons. The minimum atomic E-state index is -1.84. The van der Waals surface area contributed by atoms with Crippen LogP contribution in [0, 0.1) is 11.6 Å². The Bertz CT molecular complexity index is 1590. The maximum absolute atomic E-state index is 14.7. The smallest absolute Gasteiger partial charge is 0.137 e. The lowest BCUT2D eigenvalue weighted by Crippen LogP contribution is -2.37. The number of hydrogen-bond donors (Lipinski definition) is 1. The van der Waals surface area contributed by atoms with Crippen molar-refractivity contribution in [1.29, 1.82) is 0 Å². The van der Waals surface area contributed by atoms with Crippen LogP contribution in [0.1, 0.15) is 28.3 Å². The van der Waals surface area contributed by atoms with Gasteiger partial charge < -0.3 is 19.4 Å². The van der Waals surface area contributed by atoms with Crippen LogP contribution >= 0.6 is 0 Å². The molecular formula is C29H26F2N6O4. The first-order valence-corrected chi connectivity index (χ1v) is 12.6. The molecule has 10 nitrogen and oxygen atoms in total. The molecule has 5 rings (SSSR count). The predicted octanol–water partition coefficient (Wildman–Crippen LogP) is 3.65. The Kier molecular flexibility index (Phi) is 8.11. The van der Waals surface area contributed by atoms with Crippen molar-refractivity contribution in [1.82, 2.24) is 29.8 Å². The van der Waals surface area contributed by atoms with Crippen molar-refractivity contribution in [2.75, 3.05) is 7.11 Å². The van der Waals surface area contributed by atoms with Crippen LogP contribution in [-0.2, 0) is 30.1 Å². The molecule has 2 aromatic heterocycles. The molecule has 0 amide bonds. The molecule has 0 spiro atoms. The number of ether oxygens (including phenoxy) is 2. The van der Waals surface area contributed by atoms with Crippen molar-refractivity contribution in [3.63, 3.8) is 0 Å². The van der Waals surface area contributed by atoms with Gasteiger partial charge in [0.1, 0.15) is 60.0 Å². The van der Waals surface area contributed by atoms with Crippen molar-refractivity contribution < 1.29 is 28.2 Å². The van der Waals surface area contributed by atoms with E-state index < -0.39 is 23.2 Å². The van der Waals surface area contributed by atoms with E-state index in [9.17, 15) is 18.7 Å². The molecule has 0 aliphatic heterocycles. The topological polar surface area (TPSA) is 117 Å².